The van der Waals surface area contributed by atoms with Gasteiger partial charge < -0.3 is 15.5 Å². The van der Waals surface area contributed by atoms with Crippen molar-refractivity contribution >= 4 is 23.0 Å². The van der Waals surface area contributed by atoms with Gasteiger partial charge >= 0.3 is 0 Å². The van der Waals surface area contributed by atoms with Gasteiger partial charge in [-0.1, -0.05) is 29.8 Å². The lowest BCUT2D eigenvalue weighted by atomic mass is 9.99. The molecule has 0 atom stereocenters. The van der Waals surface area contributed by atoms with Crippen molar-refractivity contribution in [1.82, 2.24) is 5.01 Å². The maximum Gasteiger partial charge on any atom is 0.143 e. The second kappa shape index (κ2) is 5.80. The molecule has 2 heterocycles. The maximum atomic E-state index is 6.10. The Hall–Kier alpha value is -2.17. The second-order valence-corrected chi connectivity index (χ2v) is 6.29. The summed E-state index contributed by atoms with van der Waals surface area (Å²) >= 11 is 6.10. The maximum absolute atomic E-state index is 6.10. The Bertz CT molecular complexity index is 788. The smallest absolute Gasteiger partial charge is 0.143 e. The van der Waals surface area contributed by atoms with Crippen molar-refractivity contribution in [2.24, 2.45) is 0 Å². The van der Waals surface area contributed by atoms with Crippen LogP contribution in [0.5, 0.6) is 5.75 Å². The van der Waals surface area contributed by atoms with Crippen LogP contribution in [0.4, 0.5) is 11.4 Å². The highest BCUT2D eigenvalue weighted by Gasteiger charge is 2.27. The molecule has 0 saturated heterocycles. The molecule has 4 nitrogen and oxygen atoms in total. The summed E-state index contributed by atoms with van der Waals surface area (Å²) in [5, 5.41) is 6.49. The highest BCUT2D eigenvalue weighted by molar-refractivity contribution is 6.30. The molecule has 0 fully saturated rings. The molecule has 4 rings (SSSR count). The molecular formula is C18H18ClN3O. The van der Waals surface area contributed by atoms with E-state index in [-0.39, 0.29) is 0 Å². The van der Waals surface area contributed by atoms with Crippen molar-refractivity contribution < 1.29 is 4.74 Å². The summed E-state index contributed by atoms with van der Waals surface area (Å²) in [6.07, 6.45) is 0.971. The minimum absolute atomic E-state index is 0.766. The first-order chi connectivity index (χ1) is 11.2. The Morgan fingerprint density at radius 3 is 2.91 bits per heavy atom. The molecule has 5 heteroatoms. The SMILES string of the molecule is COc1ccccc1NN1CC2=C(C1)Nc1cc(Cl)ccc1C2. The minimum Gasteiger partial charge on any atom is -0.495 e. The predicted octanol–water partition coefficient (Wildman–Crippen LogP) is 3.91. The molecule has 23 heavy (non-hydrogen) atoms. The fraction of sp³-hybridized carbons (Fsp3) is 0.222. The van der Waals surface area contributed by atoms with Crippen molar-refractivity contribution in [2.45, 2.75) is 6.42 Å². The van der Waals surface area contributed by atoms with Gasteiger partial charge in [-0.2, -0.15) is 0 Å². The number of hydrogen-bond donors (Lipinski definition) is 2. The van der Waals surface area contributed by atoms with Gasteiger partial charge in [-0.05, 0) is 41.8 Å². The zero-order chi connectivity index (χ0) is 15.8. The monoisotopic (exact) mass is 327 g/mol. The predicted molar refractivity (Wildman–Crippen MR) is 94.0 cm³/mol. The lowest BCUT2D eigenvalue weighted by molar-refractivity contribution is 0.394. The average molecular weight is 328 g/mol. The van der Waals surface area contributed by atoms with Gasteiger partial charge in [0.2, 0.25) is 0 Å². The van der Waals surface area contributed by atoms with Crippen LogP contribution in [0.25, 0.3) is 0 Å². The van der Waals surface area contributed by atoms with Crippen LogP contribution in [0.2, 0.25) is 5.02 Å². The van der Waals surface area contributed by atoms with Gasteiger partial charge in [-0.3, -0.25) is 0 Å². The molecule has 2 aliphatic heterocycles. The Balaban J connectivity index is 1.49. The molecule has 2 N–H and O–H groups in total. The van der Waals surface area contributed by atoms with Crippen LogP contribution in [-0.4, -0.2) is 25.2 Å². The molecule has 0 aromatic heterocycles. The van der Waals surface area contributed by atoms with E-state index in [1.165, 1.54) is 16.8 Å². The summed E-state index contributed by atoms with van der Waals surface area (Å²) < 4.78 is 5.41. The zero-order valence-corrected chi connectivity index (χ0v) is 13.7. The van der Waals surface area contributed by atoms with Crippen LogP contribution in [0.1, 0.15) is 5.56 Å². The Kier molecular flexibility index (Phi) is 3.63. The molecule has 2 aromatic carbocycles. The molecule has 0 spiro atoms. The molecule has 2 aliphatic rings. The molecule has 0 saturated carbocycles. The number of anilines is 2. The first-order valence-electron chi connectivity index (χ1n) is 7.64. The summed E-state index contributed by atoms with van der Waals surface area (Å²) in [4.78, 5) is 0. The first-order valence-corrected chi connectivity index (χ1v) is 8.01. The number of methoxy groups -OCH3 is 1. The van der Waals surface area contributed by atoms with Gasteiger partial charge in [-0.25, -0.2) is 5.01 Å². The molecule has 2 aromatic rings. The highest BCUT2D eigenvalue weighted by Crippen LogP contribution is 2.34. The van der Waals surface area contributed by atoms with Crippen molar-refractivity contribution in [3.63, 3.8) is 0 Å². The summed E-state index contributed by atoms with van der Waals surface area (Å²) in [5.74, 6) is 0.848. The largest absolute Gasteiger partial charge is 0.495 e. The number of nitrogens with zero attached hydrogens (tertiary/aromatic N) is 1. The van der Waals surface area contributed by atoms with E-state index in [1.807, 2.05) is 36.4 Å². The van der Waals surface area contributed by atoms with E-state index < -0.39 is 0 Å². The second-order valence-electron chi connectivity index (χ2n) is 5.85. The summed E-state index contributed by atoms with van der Waals surface area (Å²) in [6.45, 7) is 1.72. The van der Waals surface area contributed by atoms with Crippen LogP contribution in [0, 0.1) is 0 Å². The van der Waals surface area contributed by atoms with Gasteiger partial charge in [0.1, 0.15) is 5.75 Å². The molecule has 0 bridgehead atoms. The number of ether oxygens (including phenoxy) is 1. The highest BCUT2D eigenvalue weighted by atomic mass is 35.5. The number of para-hydroxylation sites is 2. The number of nitrogens with one attached hydrogen (secondary N) is 2. The average Bonchev–Trinajstić information content (AvgIpc) is 2.94. The molecule has 118 valence electrons. The van der Waals surface area contributed by atoms with E-state index in [1.54, 1.807) is 7.11 Å². The number of benzene rings is 2. The molecule has 0 radical (unpaired) electrons. The third kappa shape index (κ3) is 2.76. The molecule has 0 unspecified atom stereocenters. The zero-order valence-electron chi connectivity index (χ0n) is 12.9. The van der Waals surface area contributed by atoms with Gasteiger partial charge in [0.05, 0.1) is 19.3 Å². The minimum atomic E-state index is 0.766. The van der Waals surface area contributed by atoms with Gasteiger partial charge in [0, 0.05) is 23.0 Å². The third-order valence-electron chi connectivity index (χ3n) is 4.30. The Morgan fingerprint density at radius 1 is 1.17 bits per heavy atom. The van der Waals surface area contributed by atoms with Crippen molar-refractivity contribution in [3.8, 4) is 5.75 Å². The van der Waals surface area contributed by atoms with Gasteiger partial charge in [0.25, 0.3) is 0 Å². The molecule has 0 aliphatic carbocycles. The number of halogens is 1. The lowest BCUT2D eigenvalue weighted by Gasteiger charge is -2.20. The normalized spacial score (nSPS) is 16.6. The third-order valence-corrected chi connectivity index (χ3v) is 4.54. The molecular weight excluding hydrogens is 310 g/mol. The van der Waals surface area contributed by atoms with E-state index in [2.05, 4.69) is 21.8 Å². The molecule has 0 amide bonds. The van der Waals surface area contributed by atoms with Crippen LogP contribution in [0.3, 0.4) is 0 Å². The van der Waals surface area contributed by atoms with Crippen molar-refractivity contribution in [1.29, 1.82) is 0 Å². The quantitative estimate of drug-likeness (QED) is 0.896. The lowest BCUT2D eigenvalue weighted by Crippen LogP contribution is -2.29. The Labute approximate surface area is 140 Å². The summed E-state index contributed by atoms with van der Waals surface area (Å²) in [6, 6.07) is 14.0. The van der Waals surface area contributed by atoms with Crippen LogP contribution < -0.4 is 15.5 Å². The van der Waals surface area contributed by atoms with Crippen molar-refractivity contribution in [3.05, 3.63) is 64.3 Å². The summed E-state index contributed by atoms with van der Waals surface area (Å²) in [5.41, 5.74) is 9.54. The van der Waals surface area contributed by atoms with Crippen LogP contribution in [0.15, 0.2) is 53.7 Å². The summed E-state index contributed by atoms with van der Waals surface area (Å²) in [7, 11) is 1.69. The fourth-order valence-corrected chi connectivity index (χ4v) is 3.35. The van der Waals surface area contributed by atoms with Gasteiger partial charge in [0.15, 0.2) is 0 Å². The van der Waals surface area contributed by atoms with E-state index in [0.29, 0.717) is 0 Å². The van der Waals surface area contributed by atoms with E-state index in [9.17, 15) is 0 Å². The van der Waals surface area contributed by atoms with Gasteiger partial charge in [-0.15, -0.1) is 0 Å². The van der Waals surface area contributed by atoms with E-state index >= 15 is 0 Å². The topological polar surface area (TPSA) is 36.5 Å². The number of rotatable bonds is 3. The number of fused-ring (bicyclic) bond motifs is 1. The number of hydrazine groups is 1. The number of hydrogen-bond acceptors (Lipinski definition) is 4. The van der Waals surface area contributed by atoms with Crippen LogP contribution in [-0.2, 0) is 6.42 Å². The Morgan fingerprint density at radius 2 is 2.04 bits per heavy atom. The van der Waals surface area contributed by atoms with Crippen molar-refractivity contribution in [2.75, 3.05) is 30.9 Å². The fourth-order valence-electron chi connectivity index (χ4n) is 3.17. The standard InChI is InChI=1S/C18H18ClN3O/c1-23-18-5-3-2-4-15(18)21-22-10-13-8-12-6-7-14(19)9-16(12)20-17(13)11-22/h2-7,9,20-21H,8,10-11H2,1H3. The van der Waals surface area contributed by atoms with E-state index in [0.717, 1.165) is 41.7 Å². The first kappa shape index (κ1) is 14.4. The van der Waals surface area contributed by atoms with E-state index in [4.69, 9.17) is 16.3 Å². The van der Waals surface area contributed by atoms with Crippen LogP contribution >= 0.6 is 11.6 Å².